The molecule has 0 aliphatic carbocycles. The number of aliphatic hydroxyl groups excluding tert-OH is 1. The molecule has 0 spiro atoms. The number of nitrogens with zero attached hydrogens (tertiary/aromatic N) is 4. The maximum Gasteiger partial charge on any atom is 0.245 e. The van der Waals surface area contributed by atoms with Crippen molar-refractivity contribution in [3.63, 3.8) is 0 Å². The molecule has 48 heteroatoms. The Hall–Kier alpha value is -16.0. The fourth-order valence-electron chi connectivity index (χ4n) is 16.2. The van der Waals surface area contributed by atoms with E-state index in [-0.39, 0.29) is 115 Å². The van der Waals surface area contributed by atoms with Crippen molar-refractivity contribution in [3.8, 4) is 11.5 Å². The number of nitrogens with two attached hydrogens (primary N) is 4. The number of rotatable bonds is 32. The van der Waals surface area contributed by atoms with Crippen molar-refractivity contribution in [1.29, 1.82) is 10.8 Å². The fourth-order valence-corrected chi connectivity index (χ4v) is 17.0. The Morgan fingerprint density at radius 3 is 1.29 bits per heavy atom. The largest absolute Gasteiger partial charge is 0.508 e. The lowest BCUT2D eigenvalue weighted by Gasteiger charge is -2.31. The SMILES string of the molecule is CC[C@H](C)[C@@H]1NC(=O)[C@H]([C@@H](C)O)NC(=O)[C@H](Cc2cncn2C)NC(=O)[C@H](Cc2ccccc2)NC(=O)CSC[C@@H](C(=O)NCC(N)=O)NC(=O)[C@H](Cc2ccc(O)cc2)NC(=O)[C@H](Cc2c[nH]c3ccccc23)NC(=O)[C@H](Cc2ccc(O)cc2)NC(=O)[C@H](Cc2cncn2C)NC(=O)[C@H](Cc2ccccc2)NC(=O)C(C)(C)NC(=O)[C@H](CCCNC(=N)N)NC(=O)[C@H](CCCCN)NC(=O)[C@H](CCCNC(=N)N)NC1=O. The van der Waals surface area contributed by atoms with Crippen LogP contribution >= 0.6 is 11.8 Å². The molecule has 796 valence electrons. The number of carbonyl (C=O) groups is 16. The third-order valence-corrected chi connectivity index (χ3v) is 25.8. The monoisotopic (exact) mass is 2070 g/mol. The Balaban J connectivity index is 1.15. The van der Waals surface area contributed by atoms with Gasteiger partial charge >= 0.3 is 0 Å². The van der Waals surface area contributed by atoms with E-state index in [0.717, 1.165) is 11.8 Å². The number of phenols is 2. The van der Waals surface area contributed by atoms with Crippen molar-refractivity contribution in [2.45, 2.75) is 221 Å². The highest BCUT2D eigenvalue weighted by molar-refractivity contribution is 8.00. The molecule has 47 nitrogen and oxygen atoms in total. The number of aromatic hydroxyl groups is 2. The fraction of sp³-hybridized carbons (Fsp3) is 0.440. The number of unbranched alkanes of at least 4 members (excludes halogenated alkanes) is 1. The van der Waals surface area contributed by atoms with Crippen LogP contribution < -0.4 is 113 Å². The summed E-state index contributed by atoms with van der Waals surface area (Å²) in [6.07, 6.45) is 3.31. The molecule has 15 atom stereocenters. The number of carbonyl (C=O) groups excluding carboxylic acids is 16. The van der Waals surface area contributed by atoms with Crippen molar-refractivity contribution < 1.29 is 92.0 Å². The smallest absolute Gasteiger partial charge is 0.245 e. The van der Waals surface area contributed by atoms with Crippen molar-refractivity contribution >= 4 is 129 Å². The minimum Gasteiger partial charge on any atom is -0.508 e. The summed E-state index contributed by atoms with van der Waals surface area (Å²) < 4.78 is 3.09. The van der Waals surface area contributed by atoms with Crippen LogP contribution in [0.5, 0.6) is 11.5 Å². The van der Waals surface area contributed by atoms with Gasteiger partial charge in [0.05, 0.1) is 31.1 Å². The number of thioether (sulfide) groups is 1. The van der Waals surface area contributed by atoms with Crippen LogP contribution in [0.3, 0.4) is 0 Å². The average molecular weight is 2070 g/mol. The summed E-state index contributed by atoms with van der Waals surface area (Å²) in [6, 6.07) is 13.3. The lowest BCUT2D eigenvalue weighted by Crippen LogP contribution is -2.64. The summed E-state index contributed by atoms with van der Waals surface area (Å²) >= 11 is 0.752. The summed E-state index contributed by atoms with van der Waals surface area (Å²) in [5, 5.41) is 94.5. The molecule has 0 unspecified atom stereocenters. The zero-order chi connectivity index (χ0) is 108. The van der Waals surface area contributed by atoms with E-state index in [1.807, 2.05) is 0 Å². The van der Waals surface area contributed by atoms with E-state index in [2.05, 4.69) is 105 Å². The second-order valence-electron chi connectivity index (χ2n) is 36.9. The third-order valence-electron chi connectivity index (χ3n) is 24.8. The van der Waals surface area contributed by atoms with Crippen molar-refractivity contribution in [3.05, 3.63) is 204 Å². The van der Waals surface area contributed by atoms with Crippen LogP contribution in [-0.4, -0.2) is 274 Å². The van der Waals surface area contributed by atoms with E-state index in [0.29, 0.717) is 56.5 Å². The van der Waals surface area contributed by atoms with E-state index in [4.69, 9.17) is 33.8 Å². The predicted molar refractivity (Wildman–Crippen MR) is 549 cm³/mol. The van der Waals surface area contributed by atoms with E-state index in [9.17, 15) is 34.5 Å². The molecule has 9 rings (SSSR count). The molecule has 1 saturated heterocycles. The summed E-state index contributed by atoms with van der Waals surface area (Å²) in [7, 11) is 3.21. The molecule has 1 aliphatic rings. The number of primary amides is 1. The molecule has 0 radical (unpaired) electrons. The summed E-state index contributed by atoms with van der Waals surface area (Å²) in [6.45, 7) is 6.38. The Labute approximate surface area is 859 Å². The Morgan fingerprint density at radius 1 is 0.459 bits per heavy atom. The molecule has 1 aliphatic heterocycles. The van der Waals surface area contributed by atoms with Crippen molar-refractivity contribution in [2.75, 3.05) is 37.7 Å². The van der Waals surface area contributed by atoms with E-state index < -0.39 is 227 Å². The van der Waals surface area contributed by atoms with Gasteiger partial charge in [0, 0.05) is 119 Å². The molecule has 4 heterocycles. The predicted octanol–water partition coefficient (Wildman–Crippen LogP) is -3.33. The van der Waals surface area contributed by atoms with Crippen LogP contribution in [0.2, 0.25) is 0 Å². The van der Waals surface area contributed by atoms with Gasteiger partial charge < -0.3 is 143 Å². The molecular formula is C100H136N28O19S. The number of nitrogens with one attached hydrogen (secondary N) is 20. The number of aromatic nitrogens is 5. The second kappa shape index (κ2) is 57.0. The Bertz CT molecular complexity index is 5910. The molecule has 31 N–H and O–H groups in total. The Morgan fingerprint density at radius 2 is 0.845 bits per heavy atom. The summed E-state index contributed by atoms with van der Waals surface area (Å²) in [5.74, 6) is -19.1. The number of aromatic amines is 1. The molecule has 16 amide bonds. The summed E-state index contributed by atoms with van der Waals surface area (Å²) in [5.41, 5.74) is 24.2. The molecule has 148 heavy (non-hydrogen) atoms. The van der Waals surface area contributed by atoms with E-state index in [1.54, 1.807) is 124 Å². The number of phenolic OH excluding ortho intramolecular Hbond substituents is 2. The van der Waals surface area contributed by atoms with Crippen LogP contribution in [0.15, 0.2) is 165 Å². The number of amides is 16. The number of aryl methyl sites for hydroxylation is 2. The first-order valence-corrected chi connectivity index (χ1v) is 49.7. The van der Waals surface area contributed by atoms with Crippen molar-refractivity contribution in [2.24, 2.45) is 42.9 Å². The lowest BCUT2D eigenvalue weighted by atomic mass is 9.96. The first kappa shape index (κ1) is 116. The highest BCUT2D eigenvalue weighted by Gasteiger charge is 2.42. The number of benzene rings is 5. The number of hydrogen-bond donors (Lipinski definition) is 27. The number of H-pyrrole nitrogens is 1. The normalized spacial score (nSPS) is 22.2. The van der Waals surface area contributed by atoms with Gasteiger partial charge in [-0.2, -0.15) is 0 Å². The maximum absolute atomic E-state index is 15.8. The van der Waals surface area contributed by atoms with E-state index in [1.165, 1.54) is 98.9 Å². The van der Waals surface area contributed by atoms with Crippen LogP contribution in [0.1, 0.15) is 125 Å². The molecule has 0 saturated carbocycles. The van der Waals surface area contributed by atoms with Crippen LogP contribution in [0.25, 0.3) is 10.9 Å². The molecule has 8 aromatic rings. The van der Waals surface area contributed by atoms with Gasteiger partial charge in [-0.1, -0.05) is 123 Å². The Kier molecular flexibility index (Phi) is 44.5. The number of guanidine groups is 2. The minimum atomic E-state index is -2.03. The van der Waals surface area contributed by atoms with Gasteiger partial charge in [0.15, 0.2) is 11.9 Å². The summed E-state index contributed by atoms with van der Waals surface area (Å²) in [4.78, 5) is 252. The minimum absolute atomic E-state index is 0.0228. The molecule has 0 bridgehead atoms. The molecular weight excluding hydrogens is 1930 g/mol. The van der Waals surface area contributed by atoms with Gasteiger partial charge in [0.1, 0.15) is 95.6 Å². The van der Waals surface area contributed by atoms with Crippen LogP contribution in [0.4, 0.5) is 0 Å². The van der Waals surface area contributed by atoms with Crippen LogP contribution in [0, 0.1) is 16.7 Å². The molecule has 1 fully saturated rings. The van der Waals surface area contributed by atoms with Gasteiger partial charge in [-0.05, 0) is 136 Å². The number of hydrogen-bond acceptors (Lipinski definition) is 25. The second-order valence-corrected chi connectivity index (χ2v) is 38.0. The first-order valence-electron chi connectivity index (χ1n) is 48.6. The molecule has 3 aromatic heterocycles. The van der Waals surface area contributed by atoms with Gasteiger partial charge in [-0.15, -0.1) is 11.8 Å². The number of para-hydroxylation sites is 1. The average Bonchev–Trinajstić information content (AvgIpc) is 1.72. The van der Waals surface area contributed by atoms with Gasteiger partial charge in [0.2, 0.25) is 94.5 Å². The third kappa shape index (κ3) is 36.6. The first-order chi connectivity index (χ1) is 70.5. The number of fused-ring (bicyclic) bond motifs is 1. The molecule has 5 aromatic carbocycles. The lowest BCUT2D eigenvalue weighted by molar-refractivity contribution is -0.138. The zero-order valence-corrected chi connectivity index (χ0v) is 84.3. The van der Waals surface area contributed by atoms with Gasteiger partial charge in [-0.3, -0.25) is 87.5 Å². The van der Waals surface area contributed by atoms with Crippen molar-refractivity contribution in [1.82, 2.24) is 114 Å². The van der Waals surface area contributed by atoms with Gasteiger partial charge in [-0.25, -0.2) is 9.97 Å². The van der Waals surface area contributed by atoms with Gasteiger partial charge in [0.25, 0.3) is 0 Å². The standard InChI is InChI=1S/C100H136N28O19S/c1-8-56(2)82-95(145)116-70(28-19-39-109-98(103)104)86(136)114-69(27-17-18-38-101)85(135)115-71(29-20-40-110-99(105)106)94(144)126-100(4,5)97(147)123-75(42-59-23-13-10-14-24-59)90(140)120-77(46-63-49-107-54-127(63)6)92(142)118-73(43-60-30-34-65(130)35-31-60)88(138)119-76(45-62-48-111-68-26-16-15-25-67(62)68)91(141)117-74(44-61-32-36-66(131)37-33-61)89(139)122-79(84(134)112-51-80(102)132)52-148-53-81(133)113-72(41-58-21-11-9-12-22-58)87(137)121-78(47-64-50-108-55-128(64)7)93(143)125-83(57(3)129)96(146)124-82/h9-16,21-26,30-37,48-50,54-57,69-79,82-83,111,129-131H,8,17-20,27-29,38-47,51-53,101H2,1-7H3,(H2,102,132)(H,112,134)(H,113,133)(H,114,136)(H,115,135)(H,116,145)(H,117,141)(H,118,142)(H,119,138)(H,120,140)(H,121,137)(H,122,139)(H,123,147)(H,124,146)(H,125,143)(H,126,144)(H4,103,104,109)(H4,105,106,110)/t56-,57+,69-,70-,71-,72-,73-,74-,75-,76-,77-,78-,79-,82-,83-/m0/s1. The number of aliphatic hydroxyl groups is 1. The quantitative estimate of drug-likeness (QED) is 0.0111. The zero-order valence-electron chi connectivity index (χ0n) is 83.5. The maximum atomic E-state index is 15.8. The number of imidazole rings is 2. The highest BCUT2D eigenvalue weighted by atomic mass is 32.2. The topological polar surface area (TPSA) is 742 Å². The van der Waals surface area contributed by atoms with Crippen LogP contribution in [-0.2, 0) is 136 Å². The van der Waals surface area contributed by atoms with E-state index >= 15 is 57.5 Å². The highest BCUT2D eigenvalue weighted by Crippen LogP contribution is 2.24.